The van der Waals surface area contributed by atoms with Crippen molar-refractivity contribution < 1.29 is 19.7 Å². The van der Waals surface area contributed by atoms with Crippen molar-refractivity contribution in [2.75, 3.05) is 13.7 Å². The number of likely N-dealkylation sites (tertiary alicyclic amines) is 1. The van der Waals surface area contributed by atoms with Crippen LogP contribution in [0.15, 0.2) is 72.4 Å². The molecule has 170 valence electrons. The SMILES string of the molecule is COc1ccc(O)cc1C1/C(=C\c2ccccn2)C(=O)C(C)(C)CN1Cc1ccc(O)cc1. The van der Waals surface area contributed by atoms with Gasteiger partial charge in [-0.25, -0.2) is 0 Å². The number of phenolic OH excluding ortho intramolecular Hbond substituents is 2. The summed E-state index contributed by atoms with van der Waals surface area (Å²) < 4.78 is 5.63. The van der Waals surface area contributed by atoms with Gasteiger partial charge in [0.1, 0.15) is 17.2 Å². The fourth-order valence-corrected chi connectivity index (χ4v) is 4.43. The van der Waals surface area contributed by atoms with Crippen LogP contribution >= 0.6 is 0 Å². The molecule has 1 unspecified atom stereocenters. The molecule has 1 saturated heterocycles. The zero-order valence-electron chi connectivity index (χ0n) is 19.0. The molecule has 0 amide bonds. The number of hydrogen-bond donors (Lipinski definition) is 2. The van der Waals surface area contributed by atoms with E-state index in [9.17, 15) is 15.0 Å². The molecule has 1 fully saturated rings. The second-order valence-electron chi connectivity index (χ2n) is 8.97. The zero-order valence-corrected chi connectivity index (χ0v) is 19.0. The molecule has 6 nitrogen and oxygen atoms in total. The van der Waals surface area contributed by atoms with Crippen molar-refractivity contribution >= 4 is 11.9 Å². The molecule has 0 bridgehead atoms. The van der Waals surface area contributed by atoms with Crippen molar-refractivity contribution in [1.29, 1.82) is 0 Å². The Morgan fingerprint density at radius 1 is 1.09 bits per heavy atom. The first-order chi connectivity index (χ1) is 15.8. The van der Waals surface area contributed by atoms with Gasteiger partial charge in [-0.05, 0) is 54.1 Å². The van der Waals surface area contributed by atoms with E-state index >= 15 is 0 Å². The maximum absolute atomic E-state index is 13.7. The zero-order chi connectivity index (χ0) is 23.6. The summed E-state index contributed by atoms with van der Waals surface area (Å²) in [6, 6.07) is 17.1. The molecule has 1 aromatic heterocycles. The van der Waals surface area contributed by atoms with Crippen LogP contribution in [-0.4, -0.2) is 39.5 Å². The molecule has 0 saturated carbocycles. The van der Waals surface area contributed by atoms with Crippen molar-refractivity contribution in [1.82, 2.24) is 9.88 Å². The first-order valence-electron chi connectivity index (χ1n) is 10.8. The number of piperidine rings is 1. The Bertz CT molecular complexity index is 1170. The molecule has 6 heteroatoms. The number of Topliss-reactive ketones (excluding diaryl/α,β-unsaturated/α-hetero) is 1. The summed E-state index contributed by atoms with van der Waals surface area (Å²) in [5.41, 5.74) is 2.36. The molecular weight excluding hydrogens is 416 g/mol. The molecule has 0 spiro atoms. The monoisotopic (exact) mass is 444 g/mol. The molecule has 3 aromatic rings. The van der Waals surface area contributed by atoms with E-state index in [1.165, 1.54) is 0 Å². The Balaban J connectivity index is 1.89. The molecule has 0 radical (unpaired) electrons. The third-order valence-electron chi connectivity index (χ3n) is 5.96. The van der Waals surface area contributed by atoms with Crippen LogP contribution in [0.4, 0.5) is 0 Å². The van der Waals surface area contributed by atoms with Crippen molar-refractivity contribution in [3.63, 3.8) is 0 Å². The van der Waals surface area contributed by atoms with Crippen LogP contribution < -0.4 is 4.74 Å². The summed E-state index contributed by atoms with van der Waals surface area (Å²) >= 11 is 0. The summed E-state index contributed by atoms with van der Waals surface area (Å²) in [4.78, 5) is 20.3. The third-order valence-corrected chi connectivity index (χ3v) is 5.96. The number of aromatic nitrogens is 1. The van der Waals surface area contributed by atoms with Crippen LogP contribution in [0.3, 0.4) is 0 Å². The quantitative estimate of drug-likeness (QED) is 0.553. The first-order valence-corrected chi connectivity index (χ1v) is 10.8. The average Bonchev–Trinajstić information content (AvgIpc) is 2.79. The second kappa shape index (κ2) is 9.08. The molecule has 33 heavy (non-hydrogen) atoms. The van der Waals surface area contributed by atoms with Crippen molar-refractivity contribution in [3.05, 3.63) is 89.3 Å². The van der Waals surface area contributed by atoms with Crippen LogP contribution in [0.25, 0.3) is 6.08 Å². The Hall–Kier alpha value is -3.64. The fourth-order valence-electron chi connectivity index (χ4n) is 4.43. The largest absolute Gasteiger partial charge is 0.508 e. The Kier molecular flexibility index (Phi) is 6.20. The Morgan fingerprint density at radius 2 is 1.82 bits per heavy atom. The smallest absolute Gasteiger partial charge is 0.167 e. The molecule has 1 aliphatic heterocycles. The maximum Gasteiger partial charge on any atom is 0.167 e. The van der Waals surface area contributed by atoms with Gasteiger partial charge in [-0.2, -0.15) is 0 Å². The van der Waals surface area contributed by atoms with Gasteiger partial charge in [0.05, 0.1) is 18.8 Å². The average molecular weight is 445 g/mol. The Morgan fingerprint density at radius 3 is 2.48 bits per heavy atom. The van der Waals surface area contributed by atoms with E-state index in [0.29, 0.717) is 35.7 Å². The van der Waals surface area contributed by atoms with Gasteiger partial charge >= 0.3 is 0 Å². The minimum absolute atomic E-state index is 0.0329. The number of ketones is 1. The van der Waals surface area contributed by atoms with Crippen LogP contribution in [0, 0.1) is 5.41 Å². The highest BCUT2D eigenvalue weighted by atomic mass is 16.5. The van der Waals surface area contributed by atoms with E-state index < -0.39 is 11.5 Å². The lowest BCUT2D eigenvalue weighted by atomic mass is 9.74. The van der Waals surface area contributed by atoms with Gasteiger partial charge in [0, 0.05) is 35.8 Å². The second-order valence-corrected chi connectivity index (χ2v) is 8.97. The van der Waals surface area contributed by atoms with Crippen LogP contribution in [-0.2, 0) is 11.3 Å². The molecule has 1 aliphatic rings. The van der Waals surface area contributed by atoms with Gasteiger partial charge < -0.3 is 14.9 Å². The maximum atomic E-state index is 13.7. The number of ether oxygens (including phenoxy) is 1. The lowest BCUT2D eigenvalue weighted by Gasteiger charge is -2.44. The number of pyridine rings is 1. The van der Waals surface area contributed by atoms with E-state index in [2.05, 4.69) is 9.88 Å². The molecule has 2 heterocycles. The number of hydrogen-bond acceptors (Lipinski definition) is 6. The van der Waals surface area contributed by atoms with Gasteiger partial charge in [-0.1, -0.05) is 32.0 Å². The number of methoxy groups -OCH3 is 1. The number of phenols is 2. The summed E-state index contributed by atoms with van der Waals surface area (Å²) in [6.45, 7) is 4.94. The number of nitrogens with zero attached hydrogens (tertiary/aromatic N) is 2. The van der Waals surface area contributed by atoms with Gasteiger partial charge in [0.15, 0.2) is 5.78 Å². The van der Waals surface area contributed by atoms with Gasteiger partial charge in [-0.3, -0.25) is 14.7 Å². The molecule has 2 N–H and O–H groups in total. The number of aromatic hydroxyl groups is 2. The predicted molar refractivity (Wildman–Crippen MR) is 127 cm³/mol. The number of carbonyl (C=O) groups excluding carboxylic acids is 1. The van der Waals surface area contributed by atoms with E-state index in [1.54, 1.807) is 43.6 Å². The summed E-state index contributed by atoms with van der Waals surface area (Å²) in [6.07, 6.45) is 3.53. The summed E-state index contributed by atoms with van der Waals surface area (Å²) in [7, 11) is 1.58. The number of rotatable bonds is 5. The van der Waals surface area contributed by atoms with Gasteiger partial charge in [-0.15, -0.1) is 0 Å². The highest BCUT2D eigenvalue weighted by molar-refractivity contribution is 6.05. The topological polar surface area (TPSA) is 82.9 Å². The van der Waals surface area contributed by atoms with Crippen LogP contribution in [0.2, 0.25) is 0 Å². The normalized spacial score (nSPS) is 19.5. The minimum atomic E-state index is -0.627. The predicted octanol–water partition coefficient (Wildman–Crippen LogP) is 4.74. The van der Waals surface area contributed by atoms with Crippen molar-refractivity contribution in [2.24, 2.45) is 5.41 Å². The molecular formula is C27H28N2O4. The minimum Gasteiger partial charge on any atom is -0.508 e. The number of carbonyl (C=O) groups is 1. The molecule has 2 aromatic carbocycles. The van der Waals surface area contributed by atoms with Crippen molar-refractivity contribution in [3.8, 4) is 17.2 Å². The molecule has 1 atom stereocenters. The number of benzene rings is 2. The van der Waals surface area contributed by atoms with E-state index in [-0.39, 0.29) is 17.3 Å². The van der Waals surface area contributed by atoms with E-state index in [0.717, 1.165) is 5.56 Å². The van der Waals surface area contributed by atoms with Crippen LogP contribution in [0.5, 0.6) is 17.2 Å². The van der Waals surface area contributed by atoms with E-state index in [4.69, 9.17) is 4.74 Å². The summed E-state index contributed by atoms with van der Waals surface area (Å²) in [5.74, 6) is 0.929. The lowest BCUT2D eigenvalue weighted by molar-refractivity contribution is -0.128. The first kappa shape index (κ1) is 22.6. The fraction of sp³-hybridized carbons (Fsp3) is 0.259. The lowest BCUT2D eigenvalue weighted by Crippen LogP contribution is -2.49. The van der Waals surface area contributed by atoms with Gasteiger partial charge in [0.2, 0.25) is 0 Å². The van der Waals surface area contributed by atoms with Gasteiger partial charge in [0.25, 0.3) is 0 Å². The highest BCUT2D eigenvalue weighted by Gasteiger charge is 2.44. The molecule has 0 aliphatic carbocycles. The summed E-state index contributed by atoms with van der Waals surface area (Å²) in [5, 5.41) is 20.0. The van der Waals surface area contributed by atoms with Crippen LogP contribution in [0.1, 0.15) is 36.7 Å². The molecule has 4 rings (SSSR count). The third kappa shape index (κ3) is 4.76. The van der Waals surface area contributed by atoms with E-state index in [1.807, 2.05) is 50.3 Å². The standard InChI is InChI=1S/C27H28N2O4/c1-27(2)17-29(16-18-7-9-20(30)10-8-18)25(22-15-21(31)11-12-24(22)33-3)23(26(27)32)14-19-6-4-5-13-28-19/h4-15,25,30-31H,16-17H2,1-3H3/b23-14+. The Labute approximate surface area is 193 Å². The van der Waals surface area contributed by atoms with Crippen molar-refractivity contribution in [2.45, 2.75) is 26.4 Å². The highest BCUT2D eigenvalue weighted by Crippen LogP contribution is 2.45.